The van der Waals surface area contributed by atoms with Gasteiger partial charge in [0.25, 0.3) is 0 Å². The van der Waals surface area contributed by atoms with E-state index in [9.17, 15) is 0 Å². The molecule has 3 aromatic heterocycles. The fraction of sp³-hybridized carbons (Fsp3) is 0. The largest absolute Gasteiger partial charge is 0.229 e. The number of hydrogen-bond donors (Lipinski definition) is 0. The summed E-state index contributed by atoms with van der Waals surface area (Å²) in [6, 6.07) is 36.3. The monoisotopic (exact) mass is 530 g/mol. The van der Waals surface area contributed by atoms with E-state index in [1.807, 2.05) is 5.01 Å². The van der Waals surface area contributed by atoms with Crippen LogP contribution in [0.5, 0.6) is 0 Å². The molecule has 3 aromatic carbocycles. The maximum absolute atomic E-state index is 5.06. The standard InChI is InChI=1S/C31H20N3S3/c1-4-28(35-17-1)21-7-9-23(10-8-21)31-32-26-16-13-24(30-6-3-19-37-30)20-27(26)34(33-31)25-14-11-22(12-15-25)29-5-2-18-36-29/h1-20H. The summed E-state index contributed by atoms with van der Waals surface area (Å²) < 4.78 is 0. The third-order valence-electron chi connectivity index (χ3n) is 6.30. The molecule has 0 amide bonds. The number of hydrogen-bond acceptors (Lipinski definition) is 5. The molecule has 0 spiro atoms. The van der Waals surface area contributed by atoms with Gasteiger partial charge in [-0.3, -0.25) is 0 Å². The Labute approximate surface area is 227 Å². The molecule has 0 N–H and O–H groups in total. The van der Waals surface area contributed by atoms with Gasteiger partial charge in [-0.05, 0) is 75.3 Å². The predicted octanol–water partition coefficient (Wildman–Crippen LogP) is 9.62. The summed E-state index contributed by atoms with van der Waals surface area (Å²) in [6.07, 6.45) is 0. The second-order valence-electron chi connectivity index (χ2n) is 8.61. The number of anilines is 2. The second kappa shape index (κ2) is 9.48. The highest BCUT2D eigenvalue weighted by Gasteiger charge is 2.24. The summed E-state index contributed by atoms with van der Waals surface area (Å²) in [7, 11) is 0. The van der Waals surface area contributed by atoms with Crippen molar-refractivity contribution in [1.82, 2.24) is 5.43 Å². The highest BCUT2D eigenvalue weighted by Crippen LogP contribution is 2.41. The van der Waals surface area contributed by atoms with Crippen molar-refractivity contribution in [3.8, 4) is 31.3 Å². The Bertz CT molecular complexity index is 1660. The molecule has 0 atom stereocenters. The van der Waals surface area contributed by atoms with Gasteiger partial charge in [-0.15, -0.1) is 39.4 Å². The summed E-state index contributed by atoms with van der Waals surface area (Å²) in [5.74, 6) is 0.705. The molecule has 0 saturated carbocycles. The Balaban J connectivity index is 1.29. The molecule has 4 heterocycles. The smallest absolute Gasteiger partial charge is 0.180 e. The van der Waals surface area contributed by atoms with Gasteiger partial charge in [0.2, 0.25) is 0 Å². The number of nitrogens with zero attached hydrogens (tertiary/aromatic N) is 3. The van der Waals surface area contributed by atoms with Crippen LogP contribution in [0.15, 0.2) is 124 Å². The maximum Gasteiger partial charge on any atom is 0.180 e. The van der Waals surface area contributed by atoms with Crippen LogP contribution in [0.25, 0.3) is 31.3 Å². The summed E-state index contributed by atoms with van der Waals surface area (Å²) in [6.45, 7) is 0. The van der Waals surface area contributed by atoms with Crippen LogP contribution in [0.2, 0.25) is 0 Å². The maximum atomic E-state index is 5.06. The number of thiophene rings is 3. The summed E-state index contributed by atoms with van der Waals surface area (Å²) in [5.41, 5.74) is 12.5. The van der Waals surface area contributed by atoms with E-state index in [0.29, 0.717) is 5.84 Å². The number of amidine groups is 1. The summed E-state index contributed by atoms with van der Waals surface area (Å²) >= 11 is 5.23. The van der Waals surface area contributed by atoms with Crippen LogP contribution in [0.4, 0.5) is 17.1 Å². The van der Waals surface area contributed by atoms with E-state index in [4.69, 9.17) is 10.4 Å². The van der Waals surface area contributed by atoms with Gasteiger partial charge >= 0.3 is 0 Å². The van der Waals surface area contributed by atoms with Crippen molar-refractivity contribution in [2.75, 3.05) is 5.01 Å². The zero-order valence-electron chi connectivity index (χ0n) is 19.6. The SMILES string of the molecule is c1csc(-c2ccc(C3=Nc4ccc(-c5cccs5)cc4N(c4ccc(-c5cccs5)cc4)[N]3)cc2)c1. The Kier molecular flexibility index (Phi) is 5.70. The highest BCUT2D eigenvalue weighted by atomic mass is 32.1. The molecule has 7 rings (SSSR count). The van der Waals surface area contributed by atoms with Gasteiger partial charge < -0.3 is 0 Å². The first-order chi connectivity index (χ1) is 18.3. The van der Waals surface area contributed by atoms with Gasteiger partial charge in [0, 0.05) is 20.2 Å². The molecule has 0 fully saturated rings. The molecule has 1 aliphatic rings. The van der Waals surface area contributed by atoms with Crippen molar-refractivity contribution in [1.29, 1.82) is 0 Å². The minimum atomic E-state index is 0.705. The van der Waals surface area contributed by atoms with Crippen molar-refractivity contribution in [2.45, 2.75) is 0 Å². The first-order valence-electron chi connectivity index (χ1n) is 11.9. The van der Waals surface area contributed by atoms with Crippen molar-refractivity contribution >= 4 is 56.9 Å². The fourth-order valence-electron chi connectivity index (χ4n) is 4.42. The van der Waals surface area contributed by atoms with Crippen molar-refractivity contribution in [3.05, 3.63) is 125 Å². The molecule has 177 valence electrons. The van der Waals surface area contributed by atoms with Crippen LogP contribution >= 0.6 is 34.0 Å². The first-order valence-corrected chi connectivity index (χ1v) is 14.5. The zero-order chi connectivity index (χ0) is 24.6. The molecule has 6 heteroatoms. The molecule has 1 aliphatic heterocycles. The molecule has 6 aromatic rings. The summed E-state index contributed by atoms with van der Waals surface area (Å²) in [4.78, 5) is 8.73. The normalized spacial score (nSPS) is 12.6. The van der Waals surface area contributed by atoms with Gasteiger partial charge in [-0.25, -0.2) is 10.0 Å². The van der Waals surface area contributed by atoms with Gasteiger partial charge in [0.05, 0.1) is 17.1 Å². The lowest BCUT2D eigenvalue weighted by Gasteiger charge is -2.29. The van der Waals surface area contributed by atoms with Gasteiger partial charge in [-0.1, -0.05) is 60.7 Å². The lowest BCUT2D eigenvalue weighted by atomic mass is 10.1. The van der Waals surface area contributed by atoms with E-state index in [-0.39, 0.29) is 0 Å². The zero-order valence-corrected chi connectivity index (χ0v) is 22.1. The minimum absolute atomic E-state index is 0.705. The molecule has 0 saturated heterocycles. The van der Waals surface area contributed by atoms with Gasteiger partial charge in [-0.2, -0.15) is 0 Å². The van der Waals surface area contributed by atoms with E-state index in [1.165, 1.54) is 31.3 Å². The van der Waals surface area contributed by atoms with E-state index in [1.54, 1.807) is 34.0 Å². The third-order valence-corrected chi connectivity index (χ3v) is 9.05. The van der Waals surface area contributed by atoms with Crippen LogP contribution in [-0.4, -0.2) is 5.84 Å². The molecule has 3 nitrogen and oxygen atoms in total. The molecular formula is C31H20N3S3. The van der Waals surface area contributed by atoms with Crippen LogP contribution < -0.4 is 10.4 Å². The quantitative estimate of drug-likeness (QED) is 0.218. The first kappa shape index (κ1) is 22.2. The topological polar surface area (TPSA) is 29.7 Å². The molecule has 0 aliphatic carbocycles. The number of fused-ring (bicyclic) bond motifs is 1. The minimum Gasteiger partial charge on any atom is -0.229 e. The molecule has 0 bridgehead atoms. The third kappa shape index (κ3) is 4.29. The second-order valence-corrected chi connectivity index (χ2v) is 11.4. The Morgan fingerprint density at radius 3 is 1.59 bits per heavy atom. The summed E-state index contributed by atoms with van der Waals surface area (Å²) in [5, 5.41) is 8.35. The number of benzene rings is 3. The van der Waals surface area contributed by atoms with Crippen molar-refractivity contribution < 1.29 is 0 Å². The molecule has 0 unspecified atom stereocenters. The average Bonchev–Trinajstić information content (AvgIpc) is 3.77. The predicted molar refractivity (Wildman–Crippen MR) is 160 cm³/mol. The number of aliphatic imine (C=N–C) groups is 1. The van der Waals surface area contributed by atoms with Gasteiger partial charge in [0.15, 0.2) is 5.84 Å². The van der Waals surface area contributed by atoms with E-state index in [2.05, 4.69) is 119 Å². The van der Waals surface area contributed by atoms with Crippen LogP contribution in [0.3, 0.4) is 0 Å². The van der Waals surface area contributed by atoms with Gasteiger partial charge in [0.1, 0.15) is 0 Å². The lowest BCUT2D eigenvalue weighted by Crippen LogP contribution is -2.35. The molecular weight excluding hydrogens is 511 g/mol. The van der Waals surface area contributed by atoms with E-state index in [0.717, 1.165) is 22.6 Å². The number of rotatable bonds is 5. The van der Waals surface area contributed by atoms with Crippen LogP contribution in [-0.2, 0) is 0 Å². The highest BCUT2D eigenvalue weighted by molar-refractivity contribution is 7.14. The fourth-order valence-corrected chi connectivity index (χ4v) is 6.61. The van der Waals surface area contributed by atoms with Crippen molar-refractivity contribution in [2.24, 2.45) is 4.99 Å². The Morgan fingerprint density at radius 1 is 0.514 bits per heavy atom. The lowest BCUT2D eigenvalue weighted by molar-refractivity contribution is 0.899. The van der Waals surface area contributed by atoms with E-state index >= 15 is 0 Å². The van der Waals surface area contributed by atoms with E-state index < -0.39 is 0 Å². The molecule has 1 radical (unpaired) electrons. The Hall–Kier alpha value is -3.97. The molecule has 37 heavy (non-hydrogen) atoms. The Morgan fingerprint density at radius 2 is 1.03 bits per heavy atom. The van der Waals surface area contributed by atoms with Crippen LogP contribution in [0.1, 0.15) is 5.56 Å². The van der Waals surface area contributed by atoms with Crippen molar-refractivity contribution in [3.63, 3.8) is 0 Å². The average molecular weight is 531 g/mol. The van der Waals surface area contributed by atoms with Crippen LogP contribution in [0, 0.1) is 0 Å².